The topological polar surface area (TPSA) is 101 Å². The predicted molar refractivity (Wildman–Crippen MR) is 77.2 cm³/mol. The van der Waals surface area contributed by atoms with Gasteiger partial charge in [-0.05, 0) is 18.6 Å². The van der Waals surface area contributed by atoms with E-state index in [4.69, 9.17) is 10.00 Å². The molecule has 1 aliphatic rings. The molecule has 1 aromatic carbocycles. The highest BCUT2D eigenvalue weighted by atomic mass is 32.2. The number of hydrogen-bond donors (Lipinski definition) is 0. The van der Waals surface area contributed by atoms with Crippen LogP contribution in [0.15, 0.2) is 17.0 Å². The zero-order chi connectivity index (χ0) is 17.4. The zero-order valence-electron chi connectivity index (χ0n) is 12.5. The SMILES string of the molecule is COc1c(F)ccc(C(=O)CC(=O)C2CC2C#N)c1S(C)(=O)=O. The molecule has 0 bridgehead atoms. The molecule has 0 saturated heterocycles. The van der Waals surface area contributed by atoms with Crippen molar-refractivity contribution in [3.8, 4) is 11.8 Å². The second-order valence-electron chi connectivity index (χ2n) is 5.37. The fraction of sp³-hybridized carbons (Fsp3) is 0.400. The van der Waals surface area contributed by atoms with Gasteiger partial charge in [0, 0.05) is 17.7 Å². The van der Waals surface area contributed by atoms with E-state index in [9.17, 15) is 22.4 Å². The molecule has 2 rings (SSSR count). The van der Waals surface area contributed by atoms with Crippen molar-refractivity contribution in [3.63, 3.8) is 0 Å². The van der Waals surface area contributed by atoms with Crippen LogP contribution in [0.3, 0.4) is 0 Å². The van der Waals surface area contributed by atoms with Crippen LogP contribution in [0.1, 0.15) is 23.2 Å². The summed E-state index contributed by atoms with van der Waals surface area (Å²) >= 11 is 0. The average molecular weight is 339 g/mol. The lowest BCUT2D eigenvalue weighted by Gasteiger charge is -2.12. The highest BCUT2D eigenvalue weighted by molar-refractivity contribution is 7.90. The number of sulfone groups is 1. The van der Waals surface area contributed by atoms with Crippen molar-refractivity contribution in [1.82, 2.24) is 0 Å². The lowest BCUT2D eigenvalue weighted by Crippen LogP contribution is -2.15. The number of benzene rings is 1. The summed E-state index contributed by atoms with van der Waals surface area (Å²) in [5.74, 6) is -3.48. The number of hydrogen-bond acceptors (Lipinski definition) is 6. The largest absolute Gasteiger partial charge is 0.492 e. The molecule has 0 aliphatic heterocycles. The van der Waals surface area contributed by atoms with Gasteiger partial charge in [0.15, 0.2) is 27.2 Å². The second-order valence-corrected chi connectivity index (χ2v) is 7.33. The Bertz CT molecular complexity index is 825. The maximum atomic E-state index is 13.7. The molecule has 122 valence electrons. The minimum atomic E-state index is -3.95. The van der Waals surface area contributed by atoms with Crippen LogP contribution in [-0.4, -0.2) is 33.3 Å². The quantitative estimate of drug-likeness (QED) is 0.575. The molecule has 1 fully saturated rings. The molecular weight excluding hydrogens is 325 g/mol. The molecule has 2 unspecified atom stereocenters. The summed E-state index contributed by atoms with van der Waals surface area (Å²) in [5, 5.41) is 8.70. The molecule has 1 saturated carbocycles. The molecule has 0 spiro atoms. The maximum absolute atomic E-state index is 13.7. The molecule has 0 aromatic heterocycles. The van der Waals surface area contributed by atoms with Gasteiger partial charge in [0.1, 0.15) is 10.7 Å². The van der Waals surface area contributed by atoms with E-state index in [1.165, 1.54) is 0 Å². The van der Waals surface area contributed by atoms with Gasteiger partial charge in [-0.25, -0.2) is 12.8 Å². The number of ketones is 2. The smallest absolute Gasteiger partial charge is 0.180 e. The van der Waals surface area contributed by atoms with Crippen molar-refractivity contribution in [1.29, 1.82) is 5.26 Å². The van der Waals surface area contributed by atoms with Gasteiger partial charge in [-0.2, -0.15) is 5.26 Å². The molecular formula is C15H14FNO5S. The van der Waals surface area contributed by atoms with Crippen LogP contribution in [0, 0.1) is 29.0 Å². The van der Waals surface area contributed by atoms with Gasteiger partial charge in [-0.15, -0.1) is 0 Å². The van der Waals surface area contributed by atoms with E-state index in [1.54, 1.807) is 0 Å². The molecule has 0 amide bonds. The summed E-state index contributed by atoms with van der Waals surface area (Å²) < 4.78 is 42.3. The van der Waals surface area contributed by atoms with Crippen molar-refractivity contribution in [2.75, 3.05) is 13.4 Å². The first-order valence-electron chi connectivity index (χ1n) is 6.72. The van der Waals surface area contributed by atoms with Gasteiger partial charge in [0.25, 0.3) is 0 Å². The van der Waals surface area contributed by atoms with Gasteiger partial charge in [0.2, 0.25) is 0 Å². The zero-order valence-corrected chi connectivity index (χ0v) is 13.3. The van der Waals surface area contributed by atoms with E-state index in [0.29, 0.717) is 6.42 Å². The third-order valence-electron chi connectivity index (χ3n) is 3.64. The van der Waals surface area contributed by atoms with Gasteiger partial charge < -0.3 is 4.74 Å². The summed E-state index contributed by atoms with van der Waals surface area (Å²) in [5.41, 5.74) is -0.284. The van der Waals surface area contributed by atoms with E-state index in [-0.39, 0.29) is 11.5 Å². The first kappa shape index (κ1) is 17.1. The Morgan fingerprint density at radius 3 is 2.57 bits per heavy atom. The summed E-state index contributed by atoms with van der Waals surface area (Å²) in [6, 6.07) is 3.89. The second kappa shape index (κ2) is 6.08. The highest BCUT2D eigenvalue weighted by Gasteiger charge is 2.43. The van der Waals surface area contributed by atoms with Crippen molar-refractivity contribution < 1.29 is 27.1 Å². The fourth-order valence-corrected chi connectivity index (χ4v) is 3.49. The number of halogens is 1. The standard InChI is InChI=1S/C15H14FNO5S/c1-22-14-11(16)4-3-9(15(14)23(2,20)21)12(18)6-13(19)10-5-8(10)7-17/h3-4,8,10H,5-6H2,1-2H3. The van der Waals surface area contributed by atoms with Gasteiger partial charge >= 0.3 is 0 Å². The van der Waals surface area contributed by atoms with Crippen molar-refractivity contribution in [2.45, 2.75) is 17.7 Å². The van der Waals surface area contributed by atoms with Crippen LogP contribution in [-0.2, 0) is 14.6 Å². The van der Waals surface area contributed by atoms with Gasteiger partial charge in [-0.1, -0.05) is 0 Å². The van der Waals surface area contributed by atoms with Crippen molar-refractivity contribution >= 4 is 21.4 Å². The summed E-state index contributed by atoms with van der Waals surface area (Å²) in [6.45, 7) is 0. The lowest BCUT2D eigenvalue weighted by molar-refractivity contribution is -0.119. The van der Waals surface area contributed by atoms with Crippen LogP contribution in [0.2, 0.25) is 0 Å². The van der Waals surface area contributed by atoms with Crippen LogP contribution < -0.4 is 4.74 Å². The van der Waals surface area contributed by atoms with Gasteiger partial charge in [0.05, 0.1) is 25.5 Å². The molecule has 0 heterocycles. The fourth-order valence-electron chi connectivity index (χ4n) is 2.39. The Morgan fingerprint density at radius 1 is 1.43 bits per heavy atom. The van der Waals surface area contributed by atoms with Crippen molar-refractivity contribution in [2.24, 2.45) is 11.8 Å². The van der Waals surface area contributed by atoms with E-state index >= 15 is 0 Å². The number of carbonyl (C=O) groups excluding carboxylic acids is 2. The van der Waals surface area contributed by atoms with E-state index in [1.807, 2.05) is 6.07 Å². The molecule has 23 heavy (non-hydrogen) atoms. The molecule has 1 aromatic rings. The summed E-state index contributed by atoms with van der Waals surface area (Å²) in [7, 11) is -2.86. The minimum Gasteiger partial charge on any atom is -0.492 e. The van der Waals surface area contributed by atoms with Crippen LogP contribution >= 0.6 is 0 Å². The first-order chi connectivity index (χ1) is 10.7. The van der Waals surface area contributed by atoms with Crippen LogP contribution in [0.25, 0.3) is 0 Å². The normalized spacial score (nSPS) is 19.7. The summed E-state index contributed by atoms with van der Waals surface area (Å²) in [6.07, 6.45) is 0.712. The average Bonchev–Trinajstić information content (AvgIpc) is 3.25. The monoisotopic (exact) mass is 339 g/mol. The Labute approximate surface area is 132 Å². The Hall–Kier alpha value is -2.27. The van der Waals surface area contributed by atoms with E-state index in [0.717, 1.165) is 25.5 Å². The number of carbonyl (C=O) groups is 2. The van der Waals surface area contributed by atoms with E-state index < -0.39 is 50.2 Å². The third-order valence-corrected chi connectivity index (χ3v) is 4.79. The Kier molecular flexibility index (Phi) is 4.52. The van der Waals surface area contributed by atoms with Crippen LogP contribution in [0.5, 0.6) is 5.75 Å². The molecule has 1 aliphatic carbocycles. The Morgan fingerprint density at radius 2 is 2.09 bits per heavy atom. The van der Waals surface area contributed by atoms with E-state index in [2.05, 4.69) is 0 Å². The highest BCUT2D eigenvalue weighted by Crippen LogP contribution is 2.39. The molecule has 2 atom stereocenters. The molecule has 8 heteroatoms. The number of nitriles is 1. The molecule has 6 nitrogen and oxygen atoms in total. The number of ether oxygens (including phenoxy) is 1. The summed E-state index contributed by atoms with van der Waals surface area (Å²) in [4.78, 5) is 23.6. The number of Topliss-reactive ketones (excluding diaryl/α,β-unsaturated/α-hetero) is 2. The maximum Gasteiger partial charge on any atom is 0.180 e. The third kappa shape index (κ3) is 3.40. The number of nitrogens with zero attached hydrogens (tertiary/aromatic N) is 1. The predicted octanol–water partition coefficient (Wildman–Crippen LogP) is 1.54. The molecule has 0 radical (unpaired) electrons. The first-order valence-corrected chi connectivity index (χ1v) is 8.62. The van der Waals surface area contributed by atoms with Gasteiger partial charge in [-0.3, -0.25) is 9.59 Å². The number of rotatable bonds is 6. The number of methoxy groups -OCH3 is 1. The lowest BCUT2D eigenvalue weighted by atomic mass is 10.0. The van der Waals surface area contributed by atoms with Crippen LogP contribution in [0.4, 0.5) is 4.39 Å². The molecule has 0 N–H and O–H groups in total. The minimum absolute atomic E-state index is 0.284. The van der Waals surface area contributed by atoms with Crippen molar-refractivity contribution in [3.05, 3.63) is 23.5 Å². The Balaban J connectivity index is 2.38.